The SMILES string of the molecule is ClC(Cl)(Cl)c1cccc([O][Zr]([O]c2cccc(C(Cl)(Cl)Cl)c2)([CH]2C=CC=C2)[CH]2C=CC=C2)c1. The number of hydrogen-bond donors (Lipinski definition) is 0. The molecule has 0 spiro atoms. The minimum atomic E-state index is -4.19. The van der Waals surface area contributed by atoms with Crippen molar-refractivity contribution in [3.05, 3.63) is 108 Å². The molecular weight excluding hydrogens is 624 g/mol. The molecule has 2 aliphatic carbocycles. The predicted octanol–water partition coefficient (Wildman–Crippen LogP) is 9.61. The van der Waals surface area contributed by atoms with E-state index in [-0.39, 0.29) is 7.25 Å². The van der Waals surface area contributed by atoms with Gasteiger partial charge in [0.1, 0.15) is 0 Å². The van der Waals surface area contributed by atoms with Gasteiger partial charge in [-0.15, -0.1) is 0 Å². The fourth-order valence-electron chi connectivity index (χ4n) is 3.76. The van der Waals surface area contributed by atoms with Crippen molar-refractivity contribution in [2.75, 3.05) is 0 Å². The van der Waals surface area contributed by atoms with E-state index in [0.29, 0.717) is 22.6 Å². The molecule has 2 nitrogen and oxygen atoms in total. The molecule has 0 heterocycles. The van der Waals surface area contributed by atoms with Gasteiger partial charge in [-0.2, -0.15) is 0 Å². The molecule has 9 heteroatoms. The fourth-order valence-corrected chi connectivity index (χ4v) is 13.2. The Bertz CT molecular complexity index is 1020. The molecule has 4 rings (SSSR count). The standard InChI is InChI=1S/2C7H5Cl3O.2C5H5.Zr/c2*8-7(9,10)5-2-1-3-6(11)4-5;2*1-2-4-5-3-1;/h2*1-4,11H;2*1-5H;/q;;;;+2/p-2. The van der Waals surface area contributed by atoms with E-state index in [2.05, 4.69) is 24.3 Å². The number of halogens is 6. The molecule has 0 bridgehead atoms. The van der Waals surface area contributed by atoms with E-state index in [0.717, 1.165) is 0 Å². The molecule has 172 valence electrons. The zero-order valence-electron chi connectivity index (χ0n) is 17.0. The molecule has 0 saturated heterocycles. The number of alkyl halides is 6. The van der Waals surface area contributed by atoms with Crippen LogP contribution in [0.1, 0.15) is 11.1 Å². The summed E-state index contributed by atoms with van der Waals surface area (Å²) in [6, 6.07) is 14.3. The van der Waals surface area contributed by atoms with E-state index in [1.807, 2.05) is 36.4 Å². The zero-order valence-corrected chi connectivity index (χ0v) is 24.0. The van der Waals surface area contributed by atoms with E-state index in [9.17, 15) is 0 Å². The zero-order chi connectivity index (χ0) is 23.7. The van der Waals surface area contributed by atoms with Crippen molar-refractivity contribution in [2.24, 2.45) is 0 Å². The second kappa shape index (κ2) is 10.3. The molecule has 2 aromatic carbocycles. The minimum absolute atomic E-state index is 0.0236. The third-order valence-corrected chi connectivity index (χ3v) is 15.8. The van der Waals surface area contributed by atoms with Gasteiger partial charge in [0.15, 0.2) is 0 Å². The van der Waals surface area contributed by atoms with Crippen LogP contribution in [0.5, 0.6) is 11.5 Å². The maximum absolute atomic E-state index is 6.84. The van der Waals surface area contributed by atoms with Crippen molar-refractivity contribution < 1.29 is 26.8 Å². The molecule has 0 atom stereocenters. The third kappa shape index (κ3) is 6.07. The average Bonchev–Trinajstić information content (AvgIpc) is 3.47. The van der Waals surface area contributed by atoms with Gasteiger partial charge < -0.3 is 0 Å². The van der Waals surface area contributed by atoms with Crippen molar-refractivity contribution in [1.82, 2.24) is 0 Å². The fraction of sp³-hybridized carbons (Fsp3) is 0.167. The summed E-state index contributed by atoms with van der Waals surface area (Å²) in [6.45, 7) is 0. The van der Waals surface area contributed by atoms with Crippen molar-refractivity contribution in [2.45, 2.75) is 14.8 Å². The molecule has 2 aliphatic rings. The van der Waals surface area contributed by atoms with Crippen molar-refractivity contribution in [3.63, 3.8) is 0 Å². The number of allylic oxidation sites excluding steroid dienone is 8. The molecule has 2 aromatic rings. The number of rotatable bonds is 6. The first kappa shape index (κ1) is 25.7. The summed E-state index contributed by atoms with van der Waals surface area (Å²) in [4.78, 5) is 0. The monoisotopic (exact) mass is 638 g/mol. The quantitative estimate of drug-likeness (QED) is 0.293. The van der Waals surface area contributed by atoms with Crippen LogP contribution >= 0.6 is 69.6 Å². The van der Waals surface area contributed by atoms with Gasteiger partial charge >= 0.3 is 231 Å². The van der Waals surface area contributed by atoms with Gasteiger partial charge in [0.2, 0.25) is 0 Å². The van der Waals surface area contributed by atoms with Crippen LogP contribution in [-0.4, -0.2) is 0 Å². The van der Waals surface area contributed by atoms with Crippen LogP contribution in [0.2, 0.25) is 7.25 Å². The van der Waals surface area contributed by atoms with Gasteiger partial charge in [0.25, 0.3) is 0 Å². The van der Waals surface area contributed by atoms with Crippen LogP contribution in [0.4, 0.5) is 0 Å². The van der Waals surface area contributed by atoms with Crippen LogP contribution in [0.3, 0.4) is 0 Å². The van der Waals surface area contributed by atoms with E-state index in [4.69, 9.17) is 75.2 Å². The van der Waals surface area contributed by atoms with Crippen LogP contribution in [0.25, 0.3) is 0 Å². The Hall–Kier alpha value is -0.377. The van der Waals surface area contributed by atoms with Crippen molar-refractivity contribution >= 4 is 69.6 Å². The van der Waals surface area contributed by atoms with Gasteiger partial charge in [0.05, 0.1) is 0 Å². The van der Waals surface area contributed by atoms with Gasteiger partial charge in [-0.1, -0.05) is 0 Å². The Morgan fingerprint density at radius 1 is 0.576 bits per heavy atom. The maximum atomic E-state index is 6.84. The van der Waals surface area contributed by atoms with Crippen LogP contribution in [0.15, 0.2) is 97.1 Å². The molecule has 0 N–H and O–H groups in total. The van der Waals surface area contributed by atoms with Crippen LogP contribution in [-0.2, 0) is 28.7 Å². The molecule has 0 radical (unpaired) electrons. The third-order valence-electron chi connectivity index (χ3n) is 5.30. The summed E-state index contributed by atoms with van der Waals surface area (Å²) in [5.41, 5.74) is 1.02. The average molecular weight is 642 g/mol. The molecule has 0 unspecified atom stereocenters. The Labute approximate surface area is 229 Å². The molecule has 0 amide bonds. The normalized spacial score (nSPS) is 16.7. The molecular formula is C24H18Cl6O2Zr. The summed E-state index contributed by atoms with van der Waals surface area (Å²) in [6.07, 6.45) is 16.4. The molecule has 33 heavy (non-hydrogen) atoms. The second-order valence-electron chi connectivity index (χ2n) is 7.57. The second-order valence-corrected chi connectivity index (χ2v) is 20.0. The molecule has 0 aliphatic heterocycles. The molecule has 0 saturated carbocycles. The van der Waals surface area contributed by atoms with E-state index in [1.54, 1.807) is 36.4 Å². The number of hydrogen-bond acceptors (Lipinski definition) is 2. The first-order valence-corrected chi connectivity index (χ1v) is 17.1. The summed E-state index contributed by atoms with van der Waals surface area (Å²) in [5, 5.41) is 0. The Morgan fingerprint density at radius 3 is 1.27 bits per heavy atom. The van der Waals surface area contributed by atoms with Crippen LogP contribution < -0.4 is 5.63 Å². The van der Waals surface area contributed by atoms with Gasteiger partial charge in [-0.05, 0) is 0 Å². The van der Waals surface area contributed by atoms with Gasteiger partial charge in [-0.25, -0.2) is 0 Å². The van der Waals surface area contributed by atoms with E-state index >= 15 is 0 Å². The topological polar surface area (TPSA) is 18.5 Å². The number of benzene rings is 2. The Morgan fingerprint density at radius 2 is 0.939 bits per heavy atom. The predicted molar refractivity (Wildman–Crippen MR) is 137 cm³/mol. The van der Waals surface area contributed by atoms with Crippen molar-refractivity contribution in [3.8, 4) is 11.5 Å². The Kier molecular flexibility index (Phi) is 8.03. The first-order valence-electron chi connectivity index (χ1n) is 10.0. The van der Waals surface area contributed by atoms with E-state index in [1.165, 1.54) is 0 Å². The Balaban J connectivity index is 1.80. The van der Waals surface area contributed by atoms with Crippen molar-refractivity contribution in [1.29, 1.82) is 0 Å². The summed E-state index contributed by atoms with van der Waals surface area (Å²) in [5.74, 6) is 1.16. The van der Waals surface area contributed by atoms with Gasteiger partial charge in [-0.3, -0.25) is 0 Å². The summed E-state index contributed by atoms with van der Waals surface area (Å²) in [7, 11) is 0. The van der Waals surface area contributed by atoms with Gasteiger partial charge in [0, 0.05) is 0 Å². The first-order chi connectivity index (χ1) is 15.6. The molecule has 0 fully saturated rings. The van der Waals surface area contributed by atoms with E-state index < -0.39 is 28.7 Å². The molecule has 0 aromatic heterocycles. The summed E-state index contributed by atoms with van der Waals surface area (Å²) >= 11 is 32.6. The summed E-state index contributed by atoms with van der Waals surface area (Å²) < 4.78 is 10.5. The van der Waals surface area contributed by atoms with Crippen LogP contribution in [0, 0.1) is 0 Å².